The van der Waals surface area contributed by atoms with Crippen molar-refractivity contribution >= 4 is 17.9 Å². The molecule has 0 aliphatic rings. The molecule has 0 fully saturated rings. The van der Waals surface area contributed by atoms with E-state index in [4.69, 9.17) is 14.2 Å². The van der Waals surface area contributed by atoms with Crippen LogP contribution < -0.4 is 0 Å². The average Bonchev–Trinajstić information content (AvgIpc) is 3.40. The number of hydrogen-bond donors (Lipinski definition) is 0. The smallest absolute Gasteiger partial charge is 0.306 e. The van der Waals surface area contributed by atoms with Crippen molar-refractivity contribution < 1.29 is 28.6 Å². The maximum absolute atomic E-state index is 12.9. The van der Waals surface area contributed by atoms with Crippen molar-refractivity contribution in [3.05, 3.63) is 36.5 Å². The van der Waals surface area contributed by atoms with Gasteiger partial charge in [0.15, 0.2) is 6.10 Å². The minimum atomic E-state index is -0.772. The zero-order valence-electron chi connectivity index (χ0n) is 49.9. The molecule has 0 spiro atoms. The molecular formula is C68H126O6. The average molecular weight is 1040 g/mol. The number of rotatable bonds is 61. The normalized spacial score (nSPS) is 12.2. The van der Waals surface area contributed by atoms with Gasteiger partial charge < -0.3 is 14.2 Å². The molecule has 0 aromatic heterocycles. The lowest BCUT2D eigenvalue weighted by Gasteiger charge is -2.18. The highest BCUT2D eigenvalue weighted by atomic mass is 16.6. The molecule has 6 heteroatoms. The van der Waals surface area contributed by atoms with Crippen molar-refractivity contribution in [2.24, 2.45) is 0 Å². The highest BCUT2D eigenvalue weighted by molar-refractivity contribution is 5.71. The zero-order valence-corrected chi connectivity index (χ0v) is 49.9. The largest absolute Gasteiger partial charge is 0.462 e. The Hall–Kier alpha value is -2.37. The third-order valence-corrected chi connectivity index (χ3v) is 14.9. The van der Waals surface area contributed by atoms with E-state index in [2.05, 4.69) is 57.2 Å². The van der Waals surface area contributed by atoms with Gasteiger partial charge in [0.05, 0.1) is 0 Å². The molecule has 0 saturated heterocycles. The fraction of sp³-hybridized carbons (Fsp3) is 0.868. The van der Waals surface area contributed by atoms with Crippen LogP contribution in [0.15, 0.2) is 36.5 Å². The van der Waals surface area contributed by atoms with E-state index >= 15 is 0 Å². The second-order valence-electron chi connectivity index (χ2n) is 22.4. The minimum absolute atomic E-state index is 0.0703. The highest BCUT2D eigenvalue weighted by Crippen LogP contribution is 2.17. The Morgan fingerprint density at radius 2 is 0.486 bits per heavy atom. The Morgan fingerprint density at radius 3 is 0.757 bits per heavy atom. The summed E-state index contributed by atoms with van der Waals surface area (Å²) in [6.45, 7) is 6.67. The Morgan fingerprint density at radius 1 is 0.270 bits per heavy atom. The quantitative estimate of drug-likeness (QED) is 0.0261. The maximum Gasteiger partial charge on any atom is 0.306 e. The summed E-state index contributed by atoms with van der Waals surface area (Å²) >= 11 is 0. The van der Waals surface area contributed by atoms with Crippen LogP contribution in [0.5, 0.6) is 0 Å². The third-order valence-electron chi connectivity index (χ3n) is 14.9. The molecule has 0 radical (unpaired) electrons. The van der Waals surface area contributed by atoms with Gasteiger partial charge >= 0.3 is 17.9 Å². The molecule has 0 rings (SSSR count). The summed E-state index contributed by atoms with van der Waals surface area (Å²) in [6.07, 6.45) is 77.4. The third kappa shape index (κ3) is 60.5. The predicted octanol–water partition coefficient (Wildman–Crippen LogP) is 22.4. The van der Waals surface area contributed by atoms with Crippen LogP contribution in [-0.2, 0) is 28.6 Å². The van der Waals surface area contributed by atoms with Crippen LogP contribution in [0.1, 0.15) is 361 Å². The van der Waals surface area contributed by atoms with E-state index in [0.717, 1.165) is 70.6 Å². The topological polar surface area (TPSA) is 78.9 Å². The van der Waals surface area contributed by atoms with Crippen molar-refractivity contribution in [3.8, 4) is 0 Å². The fourth-order valence-corrected chi connectivity index (χ4v) is 9.88. The Kier molecular flexibility index (Phi) is 61.1. The van der Waals surface area contributed by atoms with Gasteiger partial charge in [-0.1, -0.05) is 301 Å². The molecule has 0 aromatic rings. The van der Waals surface area contributed by atoms with E-state index in [1.807, 2.05) is 0 Å². The van der Waals surface area contributed by atoms with E-state index in [1.165, 1.54) is 250 Å². The number of esters is 3. The summed E-state index contributed by atoms with van der Waals surface area (Å²) in [5.41, 5.74) is 0. The molecule has 74 heavy (non-hydrogen) atoms. The summed E-state index contributed by atoms with van der Waals surface area (Å²) in [5, 5.41) is 0. The van der Waals surface area contributed by atoms with E-state index in [-0.39, 0.29) is 31.1 Å². The van der Waals surface area contributed by atoms with E-state index in [9.17, 15) is 14.4 Å². The number of carbonyl (C=O) groups is 3. The molecule has 0 N–H and O–H groups in total. The molecule has 0 aliphatic carbocycles. The van der Waals surface area contributed by atoms with Crippen molar-refractivity contribution in [2.75, 3.05) is 13.2 Å². The second-order valence-corrected chi connectivity index (χ2v) is 22.4. The second kappa shape index (κ2) is 63.2. The van der Waals surface area contributed by atoms with Crippen LogP contribution in [0, 0.1) is 0 Å². The van der Waals surface area contributed by atoms with Gasteiger partial charge in [-0.05, 0) is 77.0 Å². The SMILES string of the molecule is CCCCCCC/C=C\C/C=C\CCCCCCCCCCCCCCCCCCCC(=O)OCC(COC(=O)CCCCCCCCCCCCC)OC(=O)CCCCCCC/C=C\CCCCCCCCC. The van der Waals surface area contributed by atoms with Gasteiger partial charge in [-0.2, -0.15) is 0 Å². The maximum atomic E-state index is 12.9. The first-order valence-electron chi connectivity index (χ1n) is 33.0. The molecule has 0 aromatic carbocycles. The van der Waals surface area contributed by atoms with E-state index in [1.54, 1.807) is 0 Å². The van der Waals surface area contributed by atoms with Gasteiger partial charge in [0.1, 0.15) is 13.2 Å². The summed E-state index contributed by atoms with van der Waals surface area (Å²) in [4.78, 5) is 38.2. The first kappa shape index (κ1) is 71.6. The minimum Gasteiger partial charge on any atom is -0.462 e. The highest BCUT2D eigenvalue weighted by Gasteiger charge is 2.19. The first-order valence-corrected chi connectivity index (χ1v) is 33.0. The van der Waals surface area contributed by atoms with E-state index < -0.39 is 6.10 Å². The van der Waals surface area contributed by atoms with Gasteiger partial charge in [-0.25, -0.2) is 0 Å². The molecular weight excluding hydrogens is 913 g/mol. The lowest BCUT2D eigenvalue weighted by Crippen LogP contribution is -2.30. The van der Waals surface area contributed by atoms with Gasteiger partial charge in [-0.15, -0.1) is 0 Å². The van der Waals surface area contributed by atoms with Crippen molar-refractivity contribution in [3.63, 3.8) is 0 Å². The van der Waals surface area contributed by atoms with Gasteiger partial charge in [0.25, 0.3) is 0 Å². The monoisotopic (exact) mass is 1040 g/mol. The van der Waals surface area contributed by atoms with Crippen molar-refractivity contribution in [2.45, 2.75) is 367 Å². The number of unbranched alkanes of at least 4 members (excludes halogenated alkanes) is 44. The fourth-order valence-electron chi connectivity index (χ4n) is 9.88. The number of hydrogen-bond acceptors (Lipinski definition) is 6. The van der Waals surface area contributed by atoms with Gasteiger partial charge in [0, 0.05) is 19.3 Å². The predicted molar refractivity (Wildman–Crippen MR) is 321 cm³/mol. The molecule has 0 aliphatic heterocycles. The van der Waals surface area contributed by atoms with Crippen LogP contribution in [0.4, 0.5) is 0 Å². The Bertz CT molecular complexity index is 1240. The standard InChI is InChI=1S/C68H126O6/c1-4-7-10-13-16-19-22-24-26-28-29-30-31-32-33-34-35-36-37-38-39-40-42-43-46-49-52-55-58-61-67(70)73-64-65(63-72-66(69)60-57-54-51-48-45-21-18-15-12-9-6-3)74-68(71)62-59-56-53-50-47-44-41-27-25-23-20-17-14-11-8-5-2/h22,24,27-29,41,65H,4-21,23,25-26,30-40,42-64H2,1-3H3/b24-22-,29-28-,41-27-. The van der Waals surface area contributed by atoms with Crippen molar-refractivity contribution in [1.82, 2.24) is 0 Å². The summed E-state index contributed by atoms with van der Waals surface area (Å²) in [5.74, 6) is -0.856. The summed E-state index contributed by atoms with van der Waals surface area (Å²) in [7, 11) is 0. The molecule has 1 atom stereocenters. The Labute approximate surface area is 461 Å². The van der Waals surface area contributed by atoms with Crippen LogP contribution in [-0.4, -0.2) is 37.2 Å². The van der Waals surface area contributed by atoms with Gasteiger partial charge in [0.2, 0.25) is 0 Å². The lowest BCUT2D eigenvalue weighted by molar-refractivity contribution is -0.167. The molecule has 6 nitrogen and oxygen atoms in total. The number of carbonyl (C=O) groups excluding carboxylic acids is 3. The molecule has 1 unspecified atom stereocenters. The number of ether oxygens (including phenoxy) is 3. The molecule has 0 amide bonds. The van der Waals surface area contributed by atoms with Gasteiger partial charge in [-0.3, -0.25) is 14.4 Å². The molecule has 0 heterocycles. The van der Waals surface area contributed by atoms with Crippen LogP contribution in [0.25, 0.3) is 0 Å². The molecule has 434 valence electrons. The molecule has 0 bridgehead atoms. The Balaban J connectivity index is 4.14. The zero-order chi connectivity index (χ0) is 53.6. The summed E-state index contributed by atoms with van der Waals surface area (Å²) in [6, 6.07) is 0. The van der Waals surface area contributed by atoms with E-state index in [0.29, 0.717) is 19.3 Å². The van der Waals surface area contributed by atoms with Crippen LogP contribution >= 0.6 is 0 Å². The van der Waals surface area contributed by atoms with Crippen LogP contribution in [0.3, 0.4) is 0 Å². The summed E-state index contributed by atoms with van der Waals surface area (Å²) < 4.78 is 16.9. The lowest BCUT2D eigenvalue weighted by atomic mass is 10.0. The first-order chi connectivity index (χ1) is 36.5. The molecule has 0 saturated carbocycles. The van der Waals surface area contributed by atoms with Crippen LogP contribution in [0.2, 0.25) is 0 Å². The number of allylic oxidation sites excluding steroid dienone is 6. The van der Waals surface area contributed by atoms with Crippen molar-refractivity contribution in [1.29, 1.82) is 0 Å².